The lowest BCUT2D eigenvalue weighted by molar-refractivity contribution is -0.383. The normalized spacial score (nSPS) is 14.3. The third kappa shape index (κ3) is 2.33. The van der Waals surface area contributed by atoms with Crippen molar-refractivity contribution in [3.63, 3.8) is 0 Å². The summed E-state index contributed by atoms with van der Waals surface area (Å²) < 4.78 is 0. The number of aliphatic hydroxyl groups excluding tert-OH is 1. The number of rotatable bonds is 6. The van der Waals surface area contributed by atoms with Gasteiger partial charge in [-0.05, 0) is 12.8 Å². The second-order valence-corrected chi connectivity index (χ2v) is 4.05. The number of nitrogens with one attached hydrogen (secondary N) is 1. The molecule has 0 amide bonds. The molecular formula is C10H15N5O3. The first-order chi connectivity index (χ1) is 8.69. The average Bonchev–Trinajstić information content (AvgIpc) is 3.19. The number of hydrogen-bond acceptors (Lipinski definition) is 7. The predicted octanol–water partition coefficient (Wildman–Crippen LogP) is 0.388. The number of anilines is 2. The first-order valence-electron chi connectivity index (χ1n) is 5.73. The zero-order valence-corrected chi connectivity index (χ0v) is 10.0. The van der Waals surface area contributed by atoms with Crippen molar-refractivity contribution in [2.45, 2.75) is 18.9 Å². The molecule has 1 heterocycles. The summed E-state index contributed by atoms with van der Waals surface area (Å²) in [4.78, 5) is 20.3. The standard InChI is InChI=1S/C10H15N5O3/c1-11-9-8(15(17)18)10(13-6-12-9)14(4-5-16)7-2-3-7/h6-7,16H,2-5H2,1H3,(H,11,12,13). The fourth-order valence-corrected chi connectivity index (χ4v) is 1.89. The zero-order valence-electron chi connectivity index (χ0n) is 10.0. The Balaban J connectivity index is 2.43. The monoisotopic (exact) mass is 253 g/mol. The van der Waals surface area contributed by atoms with Crippen LogP contribution in [-0.4, -0.2) is 46.2 Å². The Labute approximate surface area is 104 Å². The smallest absolute Gasteiger partial charge is 0.353 e. The van der Waals surface area contributed by atoms with Crippen molar-refractivity contribution in [3.8, 4) is 0 Å². The molecule has 98 valence electrons. The molecule has 0 unspecified atom stereocenters. The number of hydrogen-bond donors (Lipinski definition) is 2. The van der Waals surface area contributed by atoms with Crippen LogP contribution in [-0.2, 0) is 0 Å². The topological polar surface area (TPSA) is 104 Å². The molecule has 8 nitrogen and oxygen atoms in total. The SMILES string of the molecule is CNc1ncnc(N(CCO)C2CC2)c1[N+](=O)[O-]. The molecule has 1 fully saturated rings. The van der Waals surface area contributed by atoms with E-state index >= 15 is 0 Å². The van der Waals surface area contributed by atoms with E-state index in [4.69, 9.17) is 5.11 Å². The van der Waals surface area contributed by atoms with Crippen molar-refractivity contribution in [1.82, 2.24) is 9.97 Å². The van der Waals surface area contributed by atoms with Crippen LogP contribution in [0.3, 0.4) is 0 Å². The Morgan fingerprint density at radius 3 is 2.83 bits per heavy atom. The molecular weight excluding hydrogens is 238 g/mol. The van der Waals surface area contributed by atoms with E-state index in [1.54, 1.807) is 11.9 Å². The van der Waals surface area contributed by atoms with Crippen LogP contribution in [0.1, 0.15) is 12.8 Å². The molecule has 1 aliphatic rings. The van der Waals surface area contributed by atoms with Crippen molar-refractivity contribution < 1.29 is 10.0 Å². The quantitative estimate of drug-likeness (QED) is 0.558. The van der Waals surface area contributed by atoms with Gasteiger partial charge in [0.25, 0.3) is 0 Å². The molecule has 0 aliphatic heterocycles. The summed E-state index contributed by atoms with van der Waals surface area (Å²) >= 11 is 0. The highest BCUT2D eigenvalue weighted by atomic mass is 16.6. The minimum Gasteiger partial charge on any atom is -0.395 e. The van der Waals surface area contributed by atoms with Gasteiger partial charge in [-0.3, -0.25) is 10.1 Å². The maximum atomic E-state index is 11.1. The van der Waals surface area contributed by atoms with Gasteiger partial charge in [-0.2, -0.15) is 0 Å². The van der Waals surface area contributed by atoms with Crippen LogP contribution in [0, 0.1) is 10.1 Å². The number of aromatic nitrogens is 2. The van der Waals surface area contributed by atoms with Crippen LogP contribution >= 0.6 is 0 Å². The molecule has 1 saturated carbocycles. The fourth-order valence-electron chi connectivity index (χ4n) is 1.89. The van der Waals surface area contributed by atoms with Crippen molar-refractivity contribution >= 4 is 17.3 Å². The molecule has 0 bridgehead atoms. The van der Waals surface area contributed by atoms with Gasteiger partial charge in [-0.1, -0.05) is 0 Å². The van der Waals surface area contributed by atoms with E-state index in [0.717, 1.165) is 12.8 Å². The number of aliphatic hydroxyl groups is 1. The van der Waals surface area contributed by atoms with E-state index in [1.165, 1.54) is 6.33 Å². The molecule has 1 aromatic rings. The number of nitrogens with zero attached hydrogens (tertiary/aromatic N) is 4. The van der Waals surface area contributed by atoms with E-state index in [0.29, 0.717) is 6.54 Å². The van der Waals surface area contributed by atoms with Crippen LogP contribution in [0.2, 0.25) is 0 Å². The van der Waals surface area contributed by atoms with Crippen molar-refractivity contribution in [3.05, 3.63) is 16.4 Å². The van der Waals surface area contributed by atoms with Crippen molar-refractivity contribution in [1.29, 1.82) is 0 Å². The Hall–Kier alpha value is -1.96. The minimum atomic E-state index is -0.492. The lowest BCUT2D eigenvalue weighted by Crippen LogP contribution is -2.30. The largest absolute Gasteiger partial charge is 0.395 e. The summed E-state index contributed by atoms with van der Waals surface area (Å²) in [5, 5.41) is 22.9. The van der Waals surface area contributed by atoms with Gasteiger partial charge in [-0.15, -0.1) is 0 Å². The second-order valence-electron chi connectivity index (χ2n) is 4.05. The van der Waals surface area contributed by atoms with Crippen LogP contribution in [0.4, 0.5) is 17.3 Å². The van der Waals surface area contributed by atoms with Gasteiger partial charge >= 0.3 is 5.69 Å². The molecule has 8 heteroatoms. The molecule has 2 rings (SSSR count). The molecule has 0 saturated heterocycles. The van der Waals surface area contributed by atoms with Gasteiger partial charge in [0.05, 0.1) is 11.5 Å². The maximum absolute atomic E-state index is 11.1. The Bertz CT molecular complexity index is 449. The van der Waals surface area contributed by atoms with Gasteiger partial charge in [0.2, 0.25) is 11.6 Å². The zero-order chi connectivity index (χ0) is 13.1. The molecule has 1 aliphatic carbocycles. The predicted molar refractivity (Wildman–Crippen MR) is 65.7 cm³/mol. The summed E-state index contributed by atoms with van der Waals surface area (Å²) in [6, 6.07) is 0.232. The summed E-state index contributed by atoms with van der Waals surface area (Å²) in [5.74, 6) is 0.462. The lowest BCUT2D eigenvalue weighted by Gasteiger charge is -2.22. The van der Waals surface area contributed by atoms with Crippen molar-refractivity contribution in [2.24, 2.45) is 0 Å². The highest BCUT2D eigenvalue weighted by Gasteiger charge is 2.35. The van der Waals surface area contributed by atoms with Crippen LogP contribution in [0.5, 0.6) is 0 Å². The first kappa shape index (κ1) is 12.5. The highest BCUT2D eigenvalue weighted by molar-refractivity contribution is 5.70. The van der Waals surface area contributed by atoms with Gasteiger partial charge in [-0.25, -0.2) is 9.97 Å². The van der Waals surface area contributed by atoms with Crippen LogP contribution < -0.4 is 10.2 Å². The summed E-state index contributed by atoms with van der Waals surface area (Å²) in [6.45, 7) is 0.276. The van der Waals surface area contributed by atoms with Gasteiger partial charge in [0.1, 0.15) is 6.33 Å². The lowest BCUT2D eigenvalue weighted by atomic mass is 10.3. The molecule has 0 spiro atoms. The molecule has 2 N–H and O–H groups in total. The molecule has 1 aromatic heterocycles. The van der Waals surface area contributed by atoms with Gasteiger partial charge < -0.3 is 15.3 Å². The van der Waals surface area contributed by atoms with E-state index in [1.807, 2.05) is 0 Å². The summed E-state index contributed by atoms with van der Waals surface area (Å²) in [6.07, 6.45) is 3.23. The minimum absolute atomic E-state index is 0.0630. The molecule has 0 aromatic carbocycles. The summed E-state index contributed by atoms with van der Waals surface area (Å²) in [5.41, 5.74) is -0.139. The van der Waals surface area contributed by atoms with Gasteiger partial charge in [0.15, 0.2) is 0 Å². The van der Waals surface area contributed by atoms with Crippen LogP contribution in [0.25, 0.3) is 0 Å². The van der Waals surface area contributed by atoms with E-state index in [-0.39, 0.29) is 30.0 Å². The van der Waals surface area contributed by atoms with Crippen LogP contribution in [0.15, 0.2) is 6.33 Å². The summed E-state index contributed by atoms with van der Waals surface area (Å²) in [7, 11) is 1.58. The average molecular weight is 253 g/mol. The Morgan fingerprint density at radius 1 is 1.61 bits per heavy atom. The third-order valence-corrected chi connectivity index (χ3v) is 2.82. The fraction of sp³-hybridized carbons (Fsp3) is 0.600. The highest BCUT2D eigenvalue weighted by Crippen LogP contribution is 2.37. The molecule has 18 heavy (non-hydrogen) atoms. The second kappa shape index (κ2) is 5.13. The van der Waals surface area contributed by atoms with E-state index in [2.05, 4.69) is 15.3 Å². The van der Waals surface area contributed by atoms with E-state index < -0.39 is 4.92 Å². The Morgan fingerprint density at radius 2 is 2.33 bits per heavy atom. The molecule has 0 radical (unpaired) electrons. The maximum Gasteiger partial charge on any atom is 0.353 e. The number of nitro groups is 1. The Kier molecular flexibility index (Phi) is 3.56. The van der Waals surface area contributed by atoms with E-state index in [9.17, 15) is 10.1 Å². The van der Waals surface area contributed by atoms with Crippen molar-refractivity contribution in [2.75, 3.05) is 30.4 Å². The van der Waals surface area contributed by atoms with Gasteiger partial charge in [0, 0.05) is 19.6 Å². The third-order valence-electron chi connectivity index (χ3n) is 2.82. The molecule has 0 atom stereocenters. The first-order valence-corrected chi connectivity index (χ1v) is 5.73.